The highest BCUT2D eigenvalue weighted by molar-refractivity contribution is 5.26. The van der Waals surface area contributed by atoms with Gasteiger partial charge in [0.2, 0.25) is 0 Å². The van der Waals surface area contributed by atoms with E-state index in [2.05, 4.69) is 11.1 Å². The molecule has 1 heterocycles. The van der Waals surface area contributed by atoms with Crippen LogP contribution in [0.15, 0.2) is 17.1 Å². The summed E-state index contributed by atoms with van der Waals surface area (Å²) in [5, 5.41) is 0. The second kappa shape index (κ2) is 2.50. The Bertz CT molecular complexity index is 420. The van der Waals surface area contributed by atoms with E-state index < -0.39 is 0 Å². The molecular weight excluding hydrogens is 174 g/mol. The van der Waals surface area contributed by atoms with Crippen LogP contribution in [-0.4, -0.2) is 4.98 Å². The zero-order chi connectivity index (χ0) is 9.76. The monoisotopic (exact) mass is 189 g/mol. The van der Waals surface area contributed by atoms with Crippen molar-refractivity contribution in [3.05, 3.63) is 33.7 Å². The van der Waals surface area contributed by atoms with Crippen LogP contribution in [0.3, 0.4) is 0 Å². The Hall–Kier alpha value is -1.05. The molecule has 3 rings (SSSR count). The van der Waals surface area contributed by atoms with Crippen molar-refractivity contribution in [1.29, 1.82) is 0 Å². The van der Waals surface area contributed by atoms with Gasteiger partial charge in [0.1, 0.15) is 0 Å². The van der Waals surface area contributed by atoms with Gasteiger partial charge in [-0.3, -0.25) is 4.79 Å². The van der Waals surface area contributed by atoms with Gasteiger partial charge in [-0.15, -0.1) is 0 Å². The van der Waals surface area contributed by atoms with Gasteiger partial charge in [-0.1, -0.05) is 0 Å². The molecule has 0 aliphatic heterocycles. The second-order valence-electron chi connectivity index (χ2n) is 5.05. The fraction of sp³-hybridized carbons (Fsp3) is 0.583. The first-order valence-corrected chi connectivity index (χ1v) is 5.38. The maximum absolute atomic E-state index is 11.2. The summed E-state index contributed by atoms with van der Waals surface area (Å²) in [6, 6.07) is 2.05. The molecule has 0 aromatic carbocycles. The Labute approximate surface area is 83.4 Å². The predicted octanol–water partition coefficient (Wildman–Crippen LogP) is 2.34. The number of aryl methyl sites for hydroxylation is 1. The molecule has 1 aromatic rings. The Morgan fingerprint density at radius 1 is 1.43 bits per heavy atom. The zero-order valence-electron chi connectivity index (χ0n) is 8.47. The van der Waals surface area contributed by atoms with Gasteiger partial charge in [0.25, 0.3) is 5.56 Å². The van der Waals surface area contributed by atoms with E-state index in [1.54, 1.807) is 0 Å². The van der Waals surface area contributed by atoms with E-state index >= 15 is 0 Å². The molecule has 0 unspecified atom stereocenters. The molecule has 2 aliphatic rings. The number of pyridine rings is 1. The first-order chi connectivity index (χ1) is 6.69. The van der Waals surface area contributed by atoms with Crippen molar-refractivity contribution < 1.29 is 0 Å². The molecule has 0 bridgehead atoms. The Morgan fingerprint density at radius 3 is 2.71 bits per heavy atom. The van der Waals surface area contributed by atoms with E-state index in [0.29, 0.717) is 5.92 Å². The van der Waals surface area contributed by atoms with Gasteiger partial charge < -0.3 is 4.98 Å². The summed E-state index contributed by atoms with van der Waals surface area (Å²) in [6.45, 7) is 1.88. The Balaban J connectivity index is 1.84. The standard InChI is InChI=1S/C12H15NO/c1-8-4-9(7-13-11(8)14)10-5-12(6-10)2-3-12/h4,7,10H,2-3,5-6H2,1H3,(H,13,14). The van der Waals surface area contributed by atoms with E-state index in [4.69, 9.17) is 0 Å². The van der Waals surface area contributed by atoms with E-state index in [1.807, 2.05) is 13.1 Å². The van der Waals surface area contributed by atoms with Crippen LogP contribution in [0.5, 0.6) is 0 Å². The largest absolute Gasteiger partial charge is 0.329 e. The molecule has 2 fully saturated rings. The normalized spacial score (nSPS) is 23.5. The van der Waals surface area contributed by atoms with Crippen LogP contribution in [0.2, 0.25) is 0 Å². The summed E-state index contributed by atoms with van der Waals surface area (Å²) in [6.07, 6.45) is 7.46. The topological polar surface area (TPSA) is 32.9 Å². The lowest BCUT2D eigenvalue weighted by atomic mass is 9.69. The predicted molar refractivity (Wildman–Crippen MR) is 55.4 cm³/mol. The average Bonchev–Trinajstić information content (AvgIpc) is 2.87. The highest BCUT2D eigenvalue weighted by Gasteiger charge is 2.53. The van der Waals surface area contributed by atoms with Gasteiger partial charge >= 0.3 is 0 Å². The molecule has 14 heavy (non-hydrogen) atoms. The lowest BCUT2D eigenvalue weighted by Gasteiger charge is -2.36. The molecule has 1 aromatic heterocycles. The third-order valence-corrected chi connectivity index (χ3v) is 3.90. The number of H-pyrrole nitrogens is 1. The number of hydrogen-bond acceptors (Lipinski definition) is 1. The van der Waals surface area contributed by atoms with Crippen LogP contribution in [0, 0.1) is 12.3 Å². The molecule has 0 radical (unpaired) electrons. The lowest BCUT2D eigenvalue weighted by molar-refractivity contribution is 0.237. The minimum Gasteiger partial charge on any atom is -0.329 e. The zero-order valence-corrected chi connectivity index (χ0v) is 8.47. The quantitative estimate of drug-likeness (QED) is 0.722. The van der Waals surface area contributed by atoms with Crippen LogP contribution in [0.1, 0.15) is 42.7 Å². The second-order valence-corrected chi connectivity index (χ2v) is 5.05. The van der Waals surface area contributed by atoms with Gasteiger partial charge in [0.15, 0.2) is 0 Å². The molecule has 2 heteroatoms. The van der Waals surface area contributed by atoms with Crippen LogP contribution in [-0.2, 0) is 0 Å². The molecule has 0 saturated heterocycles. The van der Waals surface area contributed by atoms with Gasteiger partial charge in [0.05, 0.1) is 0 Å². The van der Waals surface area contributed by atoms with Gasteiger partial charge in [-0.2, -0.15) is 0 Å². The van der Waals surface area contributed by atoms with Crippen LogP contribution in [0.4, 0.5) is 0 Å². The average molecular weight is 189 g/mol. The van der Waals surface area contributed by atoms with E-state index in [1.165, 1.54) is 31.2 Å². The highest BCUT2D eigenvalue weighted by Crippen LogP contribution is 2.66. The van der Waals surface area contributed by atoms with Crippen LogP contribution >= 0.6 is 0 Å². The third kappa shape index (κ3) is 1.13. The molecular formula is C12H15NO. The smallest absolute Gasteiger partial charge is 0.250 e. The number of aromatic amines is 1. The summed E-state index contributed by atoms with van der Waals surface area (Å²) in [4.78, 5) is 14.0. The highest BCUT2D eigenvalue weighted by atomic mass is 16.1. The lowest BCUT2D eigenvalue weighted by Crippen LogP contribution is -2.24. The van der Waals surface area contributed by atoms with Crippen molar-refractivity contribution in [2.75, 3.05) is 0 Å². The van der Waals surface area contributed by atoms with E-state index in [-0.39, 0.29) is 5.56 Å². The first-order valence-electron chi connectivity index (χ1n) is 5.38. The van der Waals surface area contributed by atoms with Gasteiger partial charge in [-0.05, 0) is 55.6 Å². The van der Waals surface area contributed by atoms with Crippen molar-refractivity contribution in [3.63, 3.8) is 0 Å². The summed E-state index contributed by atoms with van der Waals surface area (Å²) >= 11 is 0. The fourth-order valence-corrected chi connectivity index (χ4v) is 2.66. The summed E-state index contributed by atoms with van der Waals surface area (Å²) in [7, 11) is 0. The number of nitrogens with one attached hydrogen (secondary N) is 1. The van der Waals surface area contributed by atoms with Crippen LogP contribution < -0.4 is 5.56 Å². The van der Waals surface area contributed by atoms with E-state index in [9.17, 15) is 4.79 Å². The van der Waals surface area contributed by atoms with E-state index in [0.717, 1.165) is 11.0 Å². The summed E-state index contributed by atoms with van der Waals surface area (Å²) in [5.41, 5.74) is 2.97. The first kappa shape index (κ1) is 8.27. The molecule has 2 saturated carbocycles. The SMILES string of the molecule is Cc1cc(C2CC3(CC3)C2)c[nH]c1=O. The molecule has 0 amide bonds. The number of aromatic nitrogens is 1. The van der Waals surface area contributed by atoms with Crippen molar-refractivity contribution in [1.82, 2.24) is 4.98 Å². The fourth-order valence-electron chi connectivity index (χ4n) is 2.66. The molecule has 0 atom stereocenters. The molecule has 74 valence electrons. The summed E-state index contributed by atoms with van der Waals surface area (Å²) < 4.78 is 0. The maximum Gasteiger partial charge on any atom is 0.250 e. The molecule has 2 nitrogen and oxygen atoms in total. The Kier molecular flexibility index (Phi) is 1.48. The van der Waals surface area contributed by atoms with Crippen molar-refractivity contribution >= 4 is 0 Å². The molecule has 1 N–H and O–H groups in total. The number of rotatable bonds is 1. The third-order valence-electron chi connectivity index (χ3n) is 3.90. The summed E-state index contributed by atoms with van der Waals surface area (Å²) in [5.74, 6) is 0.716. The van der Waals surface area contributed by atoms with Crippen molar-refractivity contribution in [3.8, 4) is 0 Å². The van der Waals surface area contributed by atoms with Crippen molar-refractivity contribution in [2.24, 2.45) is 5.41 Å². The molecule has 2 aliphatic carbocycles. The van der Waals surface area contributed by atoms with Crippen LogP contribution in [0.25, 0.3) is 0 Å². The Morgan fingerprint density at radius 2 is 2.14 bits per heavy atom. The molecule has 1 spiro atoms. The van der Waals surface area contributed by atoms with Gasteiger partial charge in [-0.25, -0.2) is 0 Å². The van der Waals surface area contributed by atoms with Gasteiger partial charge in [0, 0.05) is 11.8 Å². The minimum absolute atomic E-state index is 0.0502. The maximum atomic E-state index is 11.2. The number of hydrogen-bond donors (Lipinski definition) is 1. The minimum atomic E-state index is 0.0502. The van der Waals surface area contributed by atoms with Crippen molar-refractivity contribution in [2.45, 2.75) is 38.5 Å².